The standard InChI is InChI=1S/C13H16ClN3O2.ClH/c14-11-7-9(5-6-12(18)17-19)8-15-13(11)16-10-3-1-2-4-10;/h5-8,10,19H,1-4H2,(H,15,16)(H,17,18);1H. The second-order valence-corrected chi connectivity index (χ2v) is 4.94. The van der Waals surface area contributed by atoms with Crippen LogP contribution in [0, 0.1) is 0 Å². The van der Waals surface area contributed by atoms with Crippen molar-refractivity contribution >= 4 is 41.8 Å². The van der Waals surface area contributed by atoms with Gasteiger partial charge in [-0.15, -0.1) is 12.4 Å². The lowest BCUT2D eigenvalue weighted by Gasteiger charge is -2.13. The molecule has 1 aromatic heterocycles. The number of anilines is 1. The zero-order chi connectivity index (χ0) is 13.7. The van der Waals surface area contributed by atoms with E-state index in [0.717, 1.165) is 12.8 Å². The summed E-state index contributed by atoms with van der Waals surface area (Å²) < 4.78 is 0. The van der Waals surface area contributed by atoms with Crippen LogP contribution in [0.5, 0.6) is 0 Å². The van der Waals surface area contributed by atoms with Gasteiger partial charge < -0.3 is 5.32 Å². The summed E-state index contributed by atoms with van der Waals surface area (Å²) in [6.07, 6.45) is 9.15. The van der Waals surface area contributed by atoms with Gasteiger partial charge in [0, 0.05) is 18.3 Å². The van der Waals surface area contributed by atoms with Gasteiger partial charge in [-0.05, 0) is 30.5 Å². The van der Waals surface area contributed by atoms with E-state index in [1.807, 2.05) is 0 Å². The number of amides is 1. The Kier molecular flexibility index (Phi) is 6.78. The summed E-state index contributed by atoms with van der Waals surface area (Å²) in [5.41, 5.74) is 2.22. The van der Waals surface area contributed by atoms with E-state index in [-0.39, 0.29) is 12.4 Å². The number of halogens is 2. The second-order valence-electron chi connectivity index (χ2n) is 4.53. The number of aromatic nitrogens is 1. The molecule has 7 heteroatoms. The second kappa shape index (κ2) is 8.09. The van der Waals surface area contributed by atoms with E-state index >= 15 is 0 Å². The van der Waals surface area contributed by atoms with E-state index in [9.17, 15) is 4.79 Å². The average Bonchev–Trinajstić information content (AvgIpc) is 2.91. The molecule has 3 N–H and O–H groups in total. The topological polar surface area (TPSA) is 74.2 Å². The molecule has 0 unspecified atom stereocenters. The number of nitrogens with one attached hydrogen (secondary N) is 2. The van der Waals surface area contributed by atoms with Crippen molar-refractivity contribution in [3.05, 3.63) is 28.9 Å². The molecule has 1 saturated carbocycles. The number of hydrogen-bond acceptors (Lipinski definition) is 4. The molecule has 1 amide bonds. The third-order valence-corrected chi connectivity index (χ3v) is 3.38. The van der Waals surface area contributed by atoms with Crippen LogP contribution >= 0.6 is 24.0 Å². The quantitative estimate of drug-likeness (QED) is 0.453. The zero-order valence-corrected chi connectivity index (χ0v) is 12.4. The Labute approximate surface area is 128 Å². The summed E-state index contributed by atoms with van der Waals surface area (Å²) in [5.74, 6) is 0.0848. The summed E-state index contributed by atoms with van der Waals surface area (Å²) in [7, 11) is 0. The van der Waals surface area contributed by atoms with Crippen LogP contribution in [-0.4, -0.2) is 22.1 Å². The fourth-order valence-corrected chi connectivity index (χ4v) is 2.35. The lowest BCUT2D eigenvalue weighted by Crippen LogP contribution is -2.16. The van der Waals surface area contributed by atoms with Gasteiger partial charge in [-0.1, -0.05) is 24.4 Å². The first kappa shape index (κ1) is 16.8. The van der Waals surface area contributed by atoms with Crippen LogP contribution in [0.25, 0.3) is 6.08 Å². The first-order chi connectivity index (χ1) is 9.19. The molecule has 0 saturated heterocycles. The molecular formula is C13H17Cl2N3O2. The Bertz CT molecular complexity index is 489. The fraction of sp³-hybridized carbons (Fsp3) is 0.385. The van der Waals surface area contributed by atoms with Crippen LogP contribution < -0.4 is 10.8 Å². The zero-order valence-electron chi connectivity index (χ0n) is 10.8. The number of carbonyl (C=O) groups excluding carboxylic acids is 1. The van der Waals surface area contributed by atoms with Crippen molar-refractivity contribution in [1.82, 2.24) is 10.5 Å². The highest BCUT2D eigenvalue weighted by molar-refractivity contribution is 6.33. The molecule has 0 spiro atoms. The number of hydrogen-bond donors (Lipinski definition) is 3. The molecule has 0 radical (unpaired) electrons. The molecule has 0 atom stereocenters. The highest BCUT2D eigenvalue weighted by atomic mass is 35.5. The molecule has 0 aromatic carbocycles. The molecule has 1 heterocycles. The lowest BCUT2D eigenvalue weighted by molar-refractivity contribution is -0.124. The molecule has 1 aliphatic carbocycles. The van der Waals surface area contributed by atoms with Gasteiger partial charge in [0.05, 0.1) is 5.02 Å². The van der Waals surface area contributed by atoms with E-state index in [1.54, 1.807) is 12.3 Å². The lowest BCUT2D eigenvalue weighted by atomic mass is 10.2. The minimum absolute atomic E-state index is 0. The van der Waals surface area contributed by atoms with Crippen LogP contribution in [0.4, 0.5) is 5.82 Å². The predicted molar refractivity (Wildman–Crippen MR) is 81.3 cm³/mol. The van der Waals surface area contributed by atoms with Gasteiger partial charge in [-0.2, -0.15) is 0 Å². The van der Waals surface area contributed by atoms with Gasteiger partial charge in [-0.3, -0.25) is 10.0 Å². The van der Waals surface area contributed by atoms with E-state index in [4.69, 9.17) is 16.8 Å². The molecule has 0 bridgehead atoms. The largest absolute Gasteiger partial charge is 0.366 e. The first-order valence-electron chi connectivity index (χ1n) is 6.23. The van der Waals surface area contributed by atoms with Crippen molar-refractivity contribution in [2.45, 2.75) is 31.7 Å². The van der Waals surface area contributed by atoms with Crippen molar-refractivity contribution in [2.24, 2.45) is 0 Å². The fourth-order valence-electron chi connectivity index (χ4n) is 2.12. The van der Waals surface area contributed by atoms with Crippen molar-refractivity contribution in [2.75, 3.05) is 5.32 Å². The minimum Gasteiger partial charge on any atom is -0.366 e. The van der Waals surface area contributed by atoms with Crippen molar-refractivity contribution in [3.63, 3.8) is 0 Å². The van der Waals surface area contributed by atoms with Gasteiger partial charge in [0.15, 0.2) is 0 Å². The van der Waals surface area contributed by atoms with Crippen molar-refractivity contribution in [3.8, 4) is 0 Å². The molecule has 2 rings (SSSR count). The third kappa shape index (κ3) is 4.67. The normalized spacial score (nSPS) is 15.1. The minimum atomic E-state index is -0.593. The maximum absolute atomic E-state index is 10.9. The number of hydroxylamine groups is 1. The SMILES string of the molecule is Cl.O=C(C=Cc1cnc(NC2CCCC2)c(Cl)c1)NO. The Morgan fingerprint density at radius 1 is 1.45 bits per heavy atom. The Morgan fingerprint density at radius 3 is 2.75 bits per heavy atom. The van der Waals surface area contributed by atoms with Crippen molar-refractivity contribution in [1.29, 1.82) is 0 Å². The van der Waals surface area contributed by atoms with E-state index in [2.05, 4.69) is 10.3 Å². The summed E-state index contributed by atoms with van der Waals surface area (Å²) >= 11 is 6.15. The summed E-state index contributed by atoms with van der Waals surface area (Å²) in [6, 6.07) is 2.18. The van der Waals surface area contributed by atoms with Gasteiger partial charge >= 0.3 is 0 Å². The summed E-state index contributed by atoms with van der Waals surface area (Å²) in [6.45, 7) is 0. The van der Waals surface area contributed by atoms with Gasteiger partial charge in [0.2, 0.25) is 0 Å². The highest BCUT2D eigenvalue weighted by Gasteiger charge is 2.16. The Hall–Kier alpha value is -1.30. The average molecular weight is 318 g/mol. The summed E-state index contributed by atoms with van der Waals surface area (Å²) in [4.78, 5) is 15.1. The van der Waals surface area contributed by atoms with Gasteiger partial charge in [-0.25, -0.2) is 10.5 Å². The predicted octanol–water partition coefficient (Wildman–Crippen LogP) is 3.03. The summed E-state index contributed by atoms with van der Waals surface area (Å²) in [5, 5.41) is 12.2. The number of carbonyl (C=O) groups is 1. The monoisotopic (exact) mass is 317 g/mol. The smallest absolute Gasteiger partial charge is 0.267 e. The maximum atomic E-state index is 10.9. The third-order valence-electron chi connectivity index (χ3n) is 3.10. The first-order valence-corrected chi connectivity index (χ1v) is 6.61. The molecule has 20 heavy (non-hydrogen) atoms. The number of pyridine rings is 1. The molecule has 110 valence electrons. The molecule has 5 nitrogen and oxygen atoms in total. The molecule has 1 aliphatic rings. The van der Waals surface area contributed by atoms with E-state index in [1.165, 1.54) is 30.5 Å². The number of nitrogens with zero attached hydrogens (tertiary/aromatic N) is 1. The Morgan fingerprint density at radius 2 is 2.15 bits per heavy atom. The van der Waals surface area contributed by atoms with E-state index < -0.39 is 5.91 Å². The van der Waals surface area contributed by atoms with Crippen LogP contribution in [0.15, 0.2) is 18.3 Å². The highest BCUT2D eigenvalue weighted by Crippen LogP contribution is 2.26. The van der Waals surface area contributed by atoms with Crippen molar-refractivity contribution < 1.29 is 10.0 Å². The maximum Gasteiger partial charge on any atom is 0.267 e. The van der Waals surface area contributed by atoms with Gasteiger partial charge in [0.1, 0.15) is 5.82 Å². The molecule has 1 fully saturated rings. The van der Waals surface area contributed by atoms with E-state index in [0.29, 0.717) is 22.4 Å². The Balaban J connectivity index is 0.00000200. The van der Waals surface area contributed by atoms with Crippen LogP contribution in [0.2, 0.25) is 5.02 Å². The molecule has 1 aromatic rings. The molecular weight excluding hydrogens is 301 g/mol. The van der Waals surface area contributed by atoms with Crippen LogP contribution in [0.1, 0.15) is 31.2 Å². The number of rotatable bonds is 4. The van der Waals surface area contributed by atoms with Crippen LogP contribution in [-0.2, 0) is 4.79 Å². The van der Waals surface area contributed by atoms with Crippen LogP contribution in [0.3, 0.4) is 0 Å². The molecule has 0 aliphatic heterocycles. The van der Waals surface area contributed by atoms with Gasteiger partial charge in [0.25, 0.3) is 5.91 Å².